The SMILES string of the molecule is CCOC(=O)Cn1c(=NC(=O)c2cc3cccc(OCC)c3o2)sc2cc(C(C)C)ccc21. The molecule has 0 bridgehead atoms. The predicted molar refractivity (Wildman–Crippen MR) is 128 cm³/mol. The van der Waals surface area contributed by atoms with Crippen LogP contribution >= 0.6 is 11.3 Å². The summed E-state index contributed by atoms with van der Waals surface area (Å²) in [6, 6.07) is 13.2. The van der Waals surface area contributed by atoms with E-state index in [4.69, 9.17) is 13.9 Å². The van der Waals surface area contributed by atoms with Gasteiger partial charge in [0, 0.05) is 5.39 Å². The van der Waals surface area contributed by atoms with E-state index < -0.39 is 5.91 Å². The van der Waals surface area contributed by atoms with Crippen molar-refractivity contribution >= 4 is 44.4 Å². The van der Waals surface area contributed by atoms with Crippen molar-refractivity contribution in [3.8, 4) is 5.75 Å². The minimum absolute atomic E-state index is 0.0321. The highest BCUT2D eigenvalue weighted by Gasteiger charge is 2.17. The lowest BCUT2D eigenvalue weighted by Crippen LogP contribution is -2.23. The minimum atomic E-state index is -0.526. The maximum atomic E-state index is 13.0. The first-order valence-electron chi connectivity index (χ1n) is 10.9. The molecule has 0 saturated carbocycles. The van der Waals surface area contributed by atoms with Gasteiger partial charge in [0.05, 0.1) is 23.4 Å². The van der Waals surface area contributed by atoms with E-state index in [1.54, 1.807) is 23.6 Å². The second kappa shape index (κ2) is 9.62. The molecule has 7 nitrogen and oxygen atoms in total. The molecule has 2 aromatic carbocycles. The van der Waals surface area contributed by atoms with Crippen molar-refractivity contribution in [2.45, 2.75) is 40.2 Å². The zero-order valence-electron chi connectivity index (χ0n) is 19.1. The number of hydrogen-bond acceptors (Lipinski definition) is 6. The maximum absolute atomic E-state index is 13.0. The lowest BCUT2D eigenvalue weighted by molar-refractivity contribution is -0.143. The number of carbonyl (C=O) groups excluding carboxylic acids is 2. The number of ether oxygens (including phenoxy) is 2. The number of furan rings is 1. The van der Waals surface area contributed by atoms with E-state index >= 15 is 0 Å². The highest BCUT2D eigenvalue weighted by atomic mass is 32.1. The Hall–Kier alpha value is -3.39. The van der Waals surface area contributed by atoms with Crippen molar-refractivity contribution in [2.75, 3.05) is 13.2 Å². The monoisotopic (exact) mass is 466 g/mol. The van der Waals surface area contributed by atoms with E-state index in [1.165, 1.54) is 16.9 Å². The third-order valence-corrected chi connectivity index (χ3v) is 6.22. The first-order chi connectivity index (χ1) is 15.9. The smallest absolute Gasteiger partial charge is 0.326 e. The van der Waals surface area contributed by atoms with Crippen LogP contribution in [0.25, 0.3) is 21.2 Å². The number of rotatable bonds is 7. The molecule has 172 valence electrons. The Morgan fingerprint density at radius 2 is 1.94 bits per heavy atom. The van der Waals surface area contributed by atoms with Gasteiger partial charge < -0.3 is 18.5 Å². The molecule has 0 atom stereocenters. The molecule has 0 aliphatic heterocycles. The van der Waals surface area contributed by atoms with Crippen LogP contribution in [0.1, 0.15) is 49.7 Å². The van der Waals surface area contributed by atoms with Gasteiger partial charge in [-0.05, 0) is 49.6 Å². The average Bonchev–Trinajstić information content (AvgIpc) is 3.36. The molecule has 4 aromatic rings. The Bertz CT molecular complexity index is 1390. The number of thiazole rings is 1. The summed E-state index contributed by atoms with van der Waals surface area (Å²) in [5.41, 5.74) is 2.51. The van der Waals surface area contributed by atoms with Gasteiger partial charge in [0.2, 0.25) is 0 Å². The lowest BCUT2D eigenvalue weighted by atomic mass is 10.0. The Labute approximate surface area is 195 Å². The van der Waals surface area contributed by atoms with Gasteiger partial charge in [-0.3, -0.25) is 9.59 Å². The molecule has 0 saturated heterocycles. The molecular weight excluding hydrogens is 440 g/mol. The molecule has 2 aromatic heterocycles. The molecule has 0 aliphatic carbocycles. The van der Waals surface area contributed by atoms with Crippen molar-refractivity contribution in [3.63, 3.8) is 0 Å². The second-order valence-corrected chi connectivity index (χ2v) is 8.80. The quantitative estimate of drug-likeness (QED) is 0.346. The van der Waals surface area contributed by atoms with Crippen LogP contribution in [-0.4, -0.2) is 29.7 Å². The molecule has 8 heteroatoms. The number of nitrogens with zero attached hydrogens (tertiary/aromatic N) is 2. The van der Waals surface area contributed by atoms with Gasteiger partial charge in [0.25, 0.3) is 0 Å². The summed E-state index contributed by atoms with van der Waals surface area (Å²) in [6.45, 7) is 8.62. The Balaban J connectivity index is 1.80. The van der Waals surface area contributed by atoms with Crippen LogP contribution in [-0.2, 0) is 16.1 Å². The fourth-order valence-corrected chi connectivity index (χ4v) is 4.65. The Morgan fingerprint density at radius 1 is 1.12 bits per heavy atom. The van der Waals surface area contributed by atoms with Gasteiger partial charge in [-0.2, -0.15) is 4.99 Å². The summed E-state index contributed by atoms with van der Waals surface area (Å²) in [5, 5.41) is 0.761. The average molecular weight is 467 g/mol. The van der Waals surface area contributed by atoms with Gasteiger partial charge in [-0.1, -0.05) is 43.4 Å². The van der Waals surface area contributed by atoms with Gasteiger partial charge in [0.15, 0.2) is 21.9 Å². The van der Waals surface area contributed by atoms with E-state index in [0.29, 0.717) is 28.7 Å². The van der Waals surface area contributed by atoms with Crippen molar-refractivity contribution in [3.05, 3.63) is 58.6 Å². The van der Waals surface area contributed by atoms with Crippen LogP contribution in [0.4, 0.5) is 0 Å². The van der Waals surface area contributed by atoms with Crippen molar-refractivity contribution in [1.29, 1.82) is 0 Å². The van der Waals surface area contributed by atoms with Gasteiger partial charge in [-0.25, -0.2) is 0 Å². The highest BCUT2D eigenvalue weighted by molar-refractivity contribution is 7.16. The fourth-order valence-electron chi connectivity index (χ4n) is 3.58. The number of benzene rings is 2. The maximum Gasteiger partial charge on any atom is 0.326 e. The molecule has 1 amide bonds. The van der Waals surface area contributed by atoms with Gasteiger partial charge >= 0.3 is 11.9 Å². The first-order valence-corrected chi connectivity index (χ1v) is 11.8. The molecule has 0 N–H and O–H groups in total. The van der Waals surface area contributed by atoms with Gasteiger partial charge in [-0.15, -0.1) is 0 Å². The lowest BCUT2D eigenvalue weighted by Gasteiger charge is -2.07. The molecule has 33 heavy (non-hydrogen) atoms. The van der Waals surface area contributed by atoms with Crippen LogP contribution in [0.15, 0.2) is 51.9 Å². The van der Waals surface area contributed by atoms with E-state index in [1.807, 2.05) is 31.2 Å². The number of hydrogen-bond donors (Lipinski definition) is 0. The normalized spacial score (nSPS) is 12.1. The number of aromatic nitrogens is 1. The number of esters is 1. The fraction of sp³-hybridized carbons (Fsp3) is 0.320. The second-order valence-electron chi connectivity index (χ2n) is 7.79. The standard InChI is InChI=1S/C25H26N2O5S/c1-5-30-19-9-7-8-17-12-20(32-23(17)19)24(29)26-25-27(14-22(28)31-6-2)18-11-10-16(15(3)4)13-21(18)33-25/h7-13,15H,5-6,14H2,1-4H3. The van der Waals surface area contributed by atoms with Crippen LogP contribution in [0.2, 0.25) is 0 Å². The molecule has 0 fully saturated rings. The van der Waals surface area contributed by atoms with Crippen LogP contribution in [0, 0.1) is 0 Å². The summed E-state index contributed by atoms with van der Waals surface area (Å²) in [6.07, 6.45) is 0. The summed E-state index contributed by atoms with van der Waals surface area (Å²) in [5.74, 6) is 0.132. The minimum Gasteiger partial charge on any atom is -0.490 e. The molecule has 0 aliphatic rings. The van der Waals surface area contributed by atoms with E-state index in [0.717, 1.165) is 15.6 Å². The van der Waals surface area contributed by atoms with Crippen molar-refractivity contribution in [1.82, 2.24) is 4.57 Å². The molecule has 4 rings (SSSR count). The number of carbonyl (C=O) groups is 2. The van der Waals surface area contributed by atoms with Gasteiger partial charge in [0.1, 0.15) is 6.54 Å². The number of fused-ring (bicyclic) bond motifs is 2. The third-order valence-electron chi connectivity index (χ3n) is 5.18. The van der Waals surface area contributed by atoms with Crippen LogP contribution in [0.5, 0.6) is 5.75 Å². The largest absolute Gasteiger partial charge is 0.490 e. The zero-order chi connectivity index (χ0) is 23.5. The van der Waals surface area contributed by atoms with Crippen molar-refractivity contribution < 1.29 is 23.5 Å². The van der Waals surface area contributed by atoms with E-state index in [-0.39, 0.29) is 24.9 Å². The summed E-state index contributed by atoms with van der Waals surface area (Å²) in [4.78, 5) is 30.0. The Kier molecular flexibility index (Phi) is 6.65. The van der Waals surface area contributed by atoms with E-state index in [9.17, 15) is 9.59 Å². The number of para-hydroxylation sites is 1. The van der Waals surface area contributed by atoms with Crippen LogP contribution in [0.3, 0.4) is 0 Å². The van der Waals surface area contributed by atoms with Crippen LogP contribution < -0.4 is 9.54 Å². The number of amides is 1. The molecule has 0 radical (unpaired) electrons. The Morgan fingerprint density at radius 3 is 2.67 bits per heavy atom. The van der Waals surface area contributed by atoms with Crippen molar-refractivity contribution in [2.24, 2.45) is 4.99 Å². The molecule has 0 unspecified atom stereocenters. The summed E-state index contributed by atoms with van der Waals surface area (Å²) in [7, 11) is 0. The third kappa shape index (κ3) is 4.71. The molecule has 0 spiro atoms. The molecular formula is C25H26N2O5S. The summed E-state index contributed by atoms with van der Waals surface area (Å²) < 4.78 is 19.2. The van der Waals surface area contributed by atoms with E-state index in [2.05, 4.69) is 24.9 Å². The molecule has 2 heterocycles. The predicted octanol–water partition coefficient (Wildman–Crippen LogP) is 5.28. The first kappa shape index (κ1) is 22.8. The topological polar surface area (TPSA) is 83.0 Å². The highest BCUT2D eigenvalue weighted by Crippen LogP contribution is 2.29. The zero-order valence-corrected chi connectivity index (χ0v) is 19.9. The summed E-state index contributed by atoms with van der Waals surface area (Å²) >= 11 is 1.36.